The van der Waals surface area contributed by atoms with E-state index in [1.807, 2.05) is 30.3 Å². The van der Waals surface area contributed by atoms with Gasteiger partial charge < -0.3 is 9.64 Å². The van der Waals surface area contributed by atoms with Gasteiger partial charge in [-0.3, -0.25) is 0 Å². The molecule has 1 aliphatic heterocycles. The van der Waals surface area contributed by atoms with Crippen molar-refractivity contribution >= 4 is 0 Å². The van der Waals surface area contributed by atoms with Crippen molar-refractivity contribution < 1.29 is 4.74 Å². The van der Waals surface area contributed by atoms with Crippen LogP contribution in [-0.4, -0.2) is 31.6 Å². The second-order valence-corrected chi connectivity index (χ2v) is 6.50. The van der Waals surface area contributed by atoms with Crippen molar-refractivity contribution in [2.45, 2.75) is 24.7 Å². The molecule has 1 aliphatic rings. The number of benzene rings is 2. The van der Waals surface area contributed by atoms with Gasteiger partial charge in [0.1, 0.15) is 5.75 Å². The lowest BCUT2D eigenvalue weighted by atomic mass is 9.74. The van der Waals surface area contributed by atoms with Crippen molar-refractivity contribution in [1.82, 2.24) is 4.90 Å². The van der Waals surface area contributed by atoms with E-state index in [9.17, 15) is 5.26 Å². The number of ether oxygens (including phenoxy) is 1. The van der Waals surface area contributed by atoms with Gasteiger partial charge in [-0.25, -0.2) is 0 Å². The normalized spacial score (nSPS) is 17.2. The Kier molecular flexibility index (Phi) is 5.17. The topological polar surface area (TPSA) is 36.3 Å². The number of likely N-dealkylation sites (tertiary alicyclic amines) is 1. The van der Waals surface area contributed by atoms with Gasteiger partial charge in [-0.2, -0.15) is 5.26 Å². The van der Waals surface area contributed by atoms with Gasteiger partial charge in [-0.05, 0) is 55.6 Å². The summed E-state index contributed by atoms with van der Waals surface area (Å²) in [6.07, 6.45) is 2.86. The zero-order valence-corrected chi connectivity index (χ0v) is 14.2. The van der Waals surface area contributed by atoms with Gasteiger partial charge in [-0.1, -0.05) is 42.5 Å². The quantitative estimate of drug-likeness (QED) is 0.841. The van der Waals surface area contributed by atoms with Crippen molar-refractivity contribution in [2.75, 3.05) is 26.7 Å². The lowest BCUT2D eigenvalue weighted by Gasteiger charge is -2.37. The summed E-state index contributed by atoms with van der Waals surface area (Å²) in [5, 5.41) is 9.76. The van der Waals surface area contributed by atoms with E-state index in [1.54, 1.807) is 7.11 Å². The van der Waals surface area contributed by atoms with Crippen LogP contribution in [0.2, 0.25) is 0 Å². The van der Waals surface area contributed by atoms with Crippen molar-refractivity contribution in [3.05, 3.63) is 65.7 Å². The fourth-order valence-corrected chi connectivity index (χ4v) is 3.46. The summed E-state index contributed by atoms with van der Waals surface area (Å²) in [4.78, 5) is 2.47. The number of piperidine rings is 1. The van der Waals surface area contributed by atoms with Crippen LogP contribution in [0.15, 0.2) is 54.6 Å². The number of methoxy groups -OCH3 is 1. The molecule has 0 radical (unpaired) electrons. The molecule has 2 aromatic carbocycles. The summed E-state index contributed by atoms with van der Waals surface area (Å²) < 4.78 is 5.20. The summed E-state index contributed by atoms with van der Waals surface area (Å²) >= 11 is 0. The van der Waals surface area contributed by atoms with Crippen molar-refractivity contribution in [2.24, 2.45) is 0 Å². The highest BCUT2D eigenvalue weighted by Gasteiger charge is 2.36. The number of hydrogen-bond donors (Lipinski definition) is 0. The highest BCUT2D eigenvalue weighted by Crippen LogP contribution is 2.34. The minimum absolute atomic E-state index is 0.308. The maximum atomic E-state index is 9.76. The number of rotatable bonds is 5. The third-order valence-electron chi connectivity index (χ3n) is 5.13. The first-order valence-electron chi connectivity index (χ1n) is 8.58. The monoisotopic (exact) mass is 320 g/mol. The Labute approximate surface area is 144 Å². The van der Waals surface area contributed by atoms with E-state index in [0.717, 1.165) is 44.6 Å². The van der Waals surface area contributed by atoms with Crippen LogP contribution < -0.4 is 4.74 Å². The molecule has 1 saturated heterocycles. The van der Waals surface area contributed by atoms with Crippen LogP contribution in [0, 0.1) is 11.3 Å². The molecule has 3 rings (SSSR count). The maximum absolute atomic E-state index is 9.76. The summed E-state index contributed by atoms with van der Waals surface area (Å²) in [6, 6.07) is 21.2. The minimum atomic E-state index is -0.308. The van der Waals surface area contributed by atoms with Crippen LogP contribution in [0.4, 0.5) is 0 Å². The van der Waals surface area contributed by atoms with Crippen molar-refractivity contribution in [3.8, 4) is 11.8 Å². The van der Waals surface area contributed by atoms with Crippen LogP contribution in [0.3, 0.4) is 0 Å². The van der Waals surface area contributed by atoms with E-state index in [-0.39, 0.29) is 5.41 Å². The number of hydrogen-bond acceptors (Lipinski definition) is 3. The van der Waals surface area contributed by atoms with Gasteiger partial charge in [0.05, 0.1) is 18.6 Å². The van der Waals surface area contributed by atoms with Gasteiger partial charge in [0.25, 0.3) is 0 Å². The fourth-order valence-electron chi connectivity index (χ4n) is 3.46. The molecule has 0 unspecified atom stereocenters. The van der Waals surface area contributed by atoms with E-state index in [1.165, 1.54) is 11.1 Å². The molecule has 0 atom stereocenters. The highest BCUT2D eigenvalue weighted by molar-refractivity contribution is 5.33. The number of nitrogens with zero attached hydrogens (tertiary/aromatic N) is 2. The average Bonchev–Trinajstić information content (AvgIpc) is 2.68. The lowest BCUT2D eigenvalue weighted by molar-refractivity contribution is 0.188. The molecule has 3 nitrogen and oxygen atoms in total. The first-order chi connectivity index (χ1) is 11.8. The molecule has 0 spiro atoms. The second-order valence-electron chi connectivity index (χ2n) is 6.50. The molecule has 0 N–H and O–H groups in total. The zero-order valence-electron chi connectivity index (χ0n) is 14.2. The number of nitriles is 1. The van der Waals surface area contributed by atoms with Gasteiger partial charge in [0.15, 0.2) is 0 Å². The van der Waals surface area contributed by atoms with Gasteiger partial charge in [0.2, 0.25) is 0 Å². The van der Waals surface area contributed by atoms with Crippen LogP contribution >= 0.6 is 0 Å². The Hall–Kier alpha value is -2.31. The summed E-state index contributed by atoms with van der Waals surface area (Å²) in [7, 11) is 1.69. The second kappa shape index (κ2) is 7.51. The predicted octanol–water partition coefficient (Wildman–Crippen LogP) is 3.80. The molecule has 0 saturated carbocycles. The standard InChI is InChI=1S/C21H24N2O/c1-24-20-9-7-18(8-10-20)11-14-23-15-12-21(17-22,13-16-23)19-5-3-2-4-6-19/h2-10H,11-16H2,1H3. The molecule has 1 heterocycles. The largest absolute Gasteiger partial charge is 0.497 e. The first kappa shape index (κ1) is 16.5. The maximum Gasteiger partial charge on any atom is 0.118 e. The Morgan fingerprint density at radius 2 is 1.71 bits per heavy atom. The molecule has 24 heavy (non-hydrogen) atoms. The molecular formula is C21H24N2O. The van der Waals surface area contributed by atoms with Crippen LogP contribution in [0.5, 0.6) is 5.75 Å². The molecule has 0 bridgehead atoms. The van der Waals surface area contributed by atoms with E-state index in [0.29, 0.717) is 0 Å². The molecule has 2 aromatic rings. The predicted molar refractivity (Wildman–Crippen MR) is 96.1 cm³/mol. The van der Waals surface area contributed by atoms with E-state index >= 15 is 0 Å². The fraction of sp³-hybridized carbons (Fsp3) is 0.381. The Balaban J connectivity index is 1.55. The smallest absolute Gasteiger partial charge is 0.118 e. The van der Waals surface area contributed by atoms with Crippen LogP contribution in [0.1, 0.15) is 24.0 Å². The van der Waals surface area contributed by atoms with E-state index in [4.69, 9.17) is 4.74 Å². The summed E-state index contributed by atoms with van der Waals surface area (Å²) in [6.45, 7) is 3.01. The minimum Gasteiger partial charge on any atom is -0.497 e. The third kappa shape index (κ3) is 3.60. The van der Waals surface area contributed by atoms with Crippen molar-refractivity contribution in [3.63, 3.8) is 0 Å². The SMILES string of the molecule is COc1ccc(CCN2CCC(C#N)(c3ccccc3)CC2)cc1. The lowest BCUT2D eigenvalue weighted by Crippen LogP contribution is -2.42. The molecule has 0 aromatic heterocycles. The Morgan fingerprint density at radius 3 is 2.29 bits per heavy atom. The zero-order chi connectivity index (χ0) is 16.8. The highest BCUT2D eigenvalue weighted by atomic mass is 16.5. The molecular weight excluding hydrogens is 296 g/mol. The van der Waals surface area contributed by atoms with E-state index in [2.05, 4.69) is 35.2 Å². The summed E-state index contributed by atoms with van der Waals surface area (Å²) in [5.74, 6) is 0.901. The van der Waals surface area contributed by atoms with Gasteiger partial charge in [0, 0.05) is 6.54 Å². The van der Waals surface area contributed by atoms with Crippen LogP contribution in [0.25, 0.3) is 0 Å². The first-order valence-corrected chi connectivity index (χ1v) is 8.58. The molecule has 124 valence electrons. The van der Waals surface area contributed by atoms with Crippen LogP contribution in [-0.2, 0) is 11.8 Å². The molecule has 3 heteroatoms. The molecule has 0 amide bonds. The average molecular weight is 320 g/mol. The van der Waals surface area contributed by atoms with E-state index < -0.39 is 0 Å². The molecule has 1 fully saturated rings. The van der Waals surface area contributed by atoms with Crippen molar-refractivity contribution in [1.29, 1.82) is 5.26 Å². The van der Waals surface area contributed by atoms with Gasteiger partial charge in [-0.15, -0.1) is 0 Å². The van der Waals surface area contributed by atoms with Gasteiger partial charge >= 0.3 is 0 Å². The Bertz CT molecular complexity index is 680. The summed E-state index contributed by atoms with van der Waals surface area (Å²) in [5.41, 5.74) is 2.19. The Morgan fingerprint density at radius 1 is 1.04 bits per heavy atom. The molecule has 0 aliphatic carbocycles. The third-order valence-corrected chi connectivity index (χ3v) is 5.13.